The van der Waals surface area contributed by atoms with Crippen LogP contribution in [0.15, 0.2) is 4.79 Å². The molecule has 2 aromatic heterocycles. The minimum atomic E-state index is -1.25. The zero-order valence-electron chi connectivity index (χ0n) is 19.2. The van der Waals surface area contributed by atoms with Gasteiger partial charge in [-0.15, -0.1) is 11.3 Å². The van der Waals surface area contributed by atoms with Crippen LogP contribution in [0.1, 0.15) is 63.3 Å². The molecule has 0 spiro atoms. The zero-order chi connectivity index (χ0) is 25.1. The Hall–Kier alpha value is -3.41. The Morgan fingerprint density at radius 1 is 1.17 bits per heavy atom. The molecular formula is C23H29N5O6S. The predicted octanol–water partition coefficient (Wildman–Crippen LogP) is 1.56. The molecule has 0 saturated heterocycles. The fraction of sp³-hybridized carbons (Fsp3) is 0.522. The first-order chi connectivity index (χ1) is 16.7. The summed E-state index contributed by atoms with van der Waals surface area (Å²) >= 11 is 1.40. The number of aromatic nitrogens is 2. The molecule has 0 bridgehead atoms. The van der Waals surface area contributed by atoms with E-state index in [4.69, 9.17) is 10.8 Å². The van der Waals surface area contributed by atoms with Gasteiger partial charge in [-0.2, -0.15) is 4.98 Å². The van der Waals surface area contributed by atoms with Gasteiger partial charge in [0.15, 0.2) is 0 Å². The standard InChI is InChI=1S/C23H29N5O6S/c24-23-27-19-14(20(31)28-23)9-11(10-25-19)5-7-16-12-3-1-2-4-13(12)18(35-16)21(32)26-15(22(33)34)6-8-17(29)30/h11,15H,1-10H2,(H,26,32)(H,29,30)(H,33,34)(H4,24,25,27,28,31)/t11?,15-/m0/s1. The Bertz CT molecular complexity index is 1210. The molecule has 0 radical (unpaired) electrons. The molecule has 4 rings (SSSR count). The monoisotopic (exact) mass is 503 g/mol. The molecule has 3 heterocycles. The molecule has 2 aliphatic rings. The van der Waals surface area contributed by atoms with Crippen LogP contribution in [0.5, 0.6) is 0 Å². The predicted molar refractivity (Wildman–Crippen MR) is 130 cm³/mol. The number of hydrogen-bond acceptors (Lipinski definition) is 8. The van der Waals surface area contributed by atoms with E-state index in [1.807, 2.05) is 0 Å². The van der Waals surface area contributed by atoms with E-state index in [-0.39, 0.29) is 30.3 Å². The number of rotatable bonds is 9. The summed E-state index contributed by atoms with van der Waals surface area (Å²) in [7, 11) is 0. The minimum absolute atomic E-state index is 0.0869. The van der Waals surface area contributed by atoms with Gasteiger partial charge in [0.25, 0.3) is 11.5 Å². The molecule has 0 aromatic carbocycles. The second-order valence-electron chi connectivity index (χ2n) is 9.08. The van der Waals surface area contributed by atoms with E-state index in [2.05, 4.69) is 20.6 Å². The number of amides is 1. The van der Waals surface area contributed by atoms with Crippen molar-refractivity contribution in [3.05, 3.63) is 36.8 Å². The number of carbonyl (C=O) groups is 3. The van der Waals surface area contributed by atoms with Crippen molar-refractivity contribution in [2.45, 2.75) is 63.8 Å². The van der Waals surface area contributed by atoms with E-state index in [0.717, 1.165) is 49.0 Å². The molecule has 11 nitrogen and oxygen atoms in total. The summed E-state index contributed by atoms with van der Waals surface area (Å²) in [4.78, 5) is 56.0. The van der Waals surface area contributed by atoms with Crippen molar-refractivity contribution in [3.8, 4) is 0 Å². The number of nitrogens with one attached hydrogen (secondary N) is 3. The Kier molecular flexibility index (Phi) is 7.39. The number of anilines is 2. The summed E-state index contributed by atoms with van der Waals surface area (Å²) < 4.78 is 0. The van der Waals surface area contributed by atoms with E-state index in [1.54, 1.807) is 0 Å². The van der Waals surface area contributed by atoms with Crippen molar-refractivity contribution < 1.29 is 24.6 Å². The number of hydrogen-bond donors (Lipinski definition) is 6. The zero-order valence-corrected chi connectivity index (χ0v) is 20.0. The van der Waals surface area contributed by atoms with E-state index in [0.29, 0.717) is 29.2 Å². The number of aromatic amines is 1. The van der Waals surface area contributed by atoms with E-state index < -0.39 is 23.9 Å². The molecule has 1 aliphatic carbocycles. The van der Waals surface area contributed by atoms with Crippen molar-refractivity contribution in [1.82, 2.24) is 15.3 Å². The molecular weight excluding hydrogens is 474 g/mol. The van der Waals surface area contributed by atoms with Crippen LogP contribution in [-0.2, 0) is 35.3 Å². The van der Waals surface area contributed by atoms with Crippen LogP contribution in [-0.4, -0.2) is 50.6 Å². The van der Waals surface area contributed by atoms with Crippen LogP contribution in [0.4, 0.5) is 11.8 Å². The molecule has 1 amide bonds. The third-order valence-corrected chi connectivity index (χ3v) is 7.96. The fourth-order valence-corrected chi connectivity index (χ4v) is 6.15. The van der Waals surface area contributed by atoms with Crippen LogP contribution in [0.2, 0.25) is 0 Å². The first kappa shape index (κ1) is 24.7. The third-order valence-electron chi connectivity index (χ3n) is 6.62. The molecule has 0 fully saturated rings. The highest BCUT2D eigenvalue weighted by molar-refractivity contribution is 7.14. The summed E-state index contributed by atoms with van der Waals surface area (Å²) in [6.45, 7) is 0.674. The molecule has 0 saturated carbocycles. The number of carboxylic acids is 2. The van der Waals surface area contributed by atoms with Gasteiger partial charge in [-0.3, -0.25) is 19.4 Å². The molecule has 188 valence electrons. The third kappa shape index (κ3) is 5.64. The van der Waals surface area contributed by atoms with Gasteiger partial charge < -0.3 is 26.6 Å². The van der Waals surface area contributed by atoms with Crippen molar-refractivity contribution in [2.75, 3.05) is 17.6 Å². The van der Waals surface area contributed by atoms with Gasteiger partial charge >= 0.3 is 11.9 Å². The molecule has 1 unspecified atom stereocenters. The number of fused-ring (bicyclic) bond motifs is 2. The van der Waals surface area contributed by atoms with Crippen molar-refractivity contribution in [2.24, 2.45) is 5.92 Å². The van der Waals surface area contributed by atoms with Gasteiger partial charge in [0, 0.05) is 17.8 Å². The minimum Gasteiger partial charge on any atom is -0.481 e. The van der Waals surface area contributed by atoms with Gasteiger partial charge in [0.05, 0.1) is 10.4 Å². The number of aryl methyl sites for hydroxylation is 1. The summed E-state index contributed by atoms with van der Waals surface area (Å²) in [5.41, 5.74) is 8.16. The highest BCUT2D eigenvalue weighted by atomic mass is 32.1. The highest BCUT2D eigenvalue weighted by Crippen LogP contribution is 2.36. The smallest absolute Gasteiger partial charge is 0.326 e. The average Bonchev–Trinajstić information content (AvgIpc) is 3.19. The van der Waals surface area contributed by atoms with E-state index >= 15 is 0 Å². The molecule has 7 N–H and O–H groups in total. The number of H-pyrrole nitrogens is 1. The van der Waals surface area contributed by atoms with Crippen LogP contribution < -0.4 is 21.9 Å². The van der Waals surface area contributed by atoms with Gasteiger partial charge in [0.1, 0.15) is 11.9 Å². The molecule has 12 heteroatoms. The number of carbonyl (C=O) groups excluding carboxylic acids is 1. The first-order valence-electron chi connectivity index (χ1n) is 11.7. The van der Waals surface area contributed by atoms with Crippen LogP contribution in [0.25, 0.3) is 0 Å². The Labute approximate surface area is 205 Å². The molecule has 35 heavy (non-hydrogen) atoms. The van der Waals surface area contributed by atoms with E-state index in [1.165, 1.54) is 16.9 Å². The number of nitrogen functional groups attached to an aromatic ring is 1. The summed E-state index contributed by atoms with van der Waals surface area (Å²) in [6, 6.07) is -1.25. The molecule has 2 aromatic rings. The average molecular weight is 504 g/mol. The van der Waals surface area contributed by atoms with Gasteiger partial charge in [-0.1, -0.05) is 0 Å². The quantitative estimate of drug-likeness (QED) is 0.295. The van der Waals surface area contributed by atoms with Crippen molar-refractivity contribution in [1.29, 1.82) is 0 Å². The first-order valence-corrected chi connectivity index (χ1v) is 12.6. The topological polar surface area (TPSA) is 187 Å². The lowest BCUT2D eigenvalue weighted by Gasteiger charge is -2.24. The van der Waals surface area contributed by atoms with Gasteiger partial charge in [-0.25, -0.2) is 4.79 Å². The summed E-state index contributed by atoms with van der Waals surface area (Å²) in [5, 5.41) is 24.0. The van der Waals surface area contributed by atoms with Crippen molar-refractivity contribution in [3.63, 3.8) is 0 Å². The summed E-state index contributed by atoms with van der Waals surface area (Å²) in [6.07, 6.45) is 5.30. The SMILES string of the molecule is Nc1nc2c(c(=O)[nH]1)CC(CCc1sc(C(=O)N[C@@H](CCC(=O)O)C(=O)O)c3c1CCCC3)CN2. The second kappa shape index (κ2) is 10.5. The number of aliphatic carboxylic acids is 2. The fourth-order valence-electron chi connectivity index (χ4n) is 4.84. The van der Waals surface area contributed by atoms with Crippen LogP contribution in [0.3, 0.4) is 0 Å². The maximum absolute atomic E-state index is 13.0. The molecule has 2 atom stereocenters. The largest absolute Gasteiger partial charge is 0.481 e. The number of nitrogens with two attached hydrogens (primary N) is 1. The van der Waals surface area contributed by atoms with Crippen LogP contribution in [0, 0.1) is 5.92 Å². The number of thiophene rings is 1. The normalized spacial score (nSPS) is 17.5. The Morgan fingerprint density at radius 3 is 2.63 bits per heavy atom. The Balaban J connectivity index is 1.47. The lowest BCUT2D eigenvalue weighted by molar-refractivity contribution is -0.140. The molecule has 1 aliphatic heterocycles. The maximum atomic E-state index is 13.0. The maximum Gasteiger partial charge on any atom is 0.326 e. The Morgan fingerprint density at radius 2 is 1.91 bits per heavy atom. The van der Waals surface area contributed by atoms with Crippen molar-refractivity contribution >= 4 is 40.9 Å². The lowest BCUT2D eigenvalue weighted by atomic mass is 9.88. The number of nitrogens with zero attached hydrogens (tertiary/aromatic N) is 1. The highest BCUT2D eigenvalue weighted by Gasteiger charge is 2.29. The summed E-state index contributed by atoms with van der Waals surface area (Å²) in [5.74, 6) is -1.97. The van der Waals surface area contributed by atoms with Crippen LogP contribution >= 0.6 is 11.3 Å². The van der Waals surface area contributed by atoms with Gasteiger partial charge in [0.2, 0.25) is 5.95 Å². The second-order valence-corrected chi connectivity index (χ2v) is 10.2. The van der Waals surface area contributed by atoms with E-state index in [9.17, 15) is 24.3 Å². The lowest BCUT2D eigenvalue weighted by Crippen LogP contribution is -2.41. The number of carboxylic acid groups (broad SMARTS) is 2. The van der Waals surface area contributed by atoms with Gasteiger partial charge in [-0.05, 0) is 68.4 Å².